The predicted molar refractivity (Wildman–Crippen MR) is 56.0 cm³/mol. The van der Waals surface area contributed by atoms with Crippen LogP contribution < -0.4 is 4.74 Å². The van der Waals surface area contributed by atoms with E-state index in [1.165, 1.54) is 18.2 Å². The predicted octanol–water partition coefficient (Wildman–Crippen LogP) is 2.38. The highest BCUT2D eigenvalue weighted by Gasteiger charge is 2.42. The zero-order valence-electron chi connectivity index (χ0n) is 9.00. The summed E-state index contributed by atoms with van der Waals surface area (Å²) in [5.41, 5.74) is -0.407. The maximum absolute atomic E-state index is 13.0. The van der Waals surface area contributed by atoms with Gasteiger partial charge in [-0.25, -0.2) is 9.18 Å². The van der Waals surface area contributed by atoms with E-state index in [9.17, 15) is 9.18 Å². The fourth-order valence-corrected chi connectivity index (χ4v) is 1.99. The molecule has 0 radical (unpaired) electrons. The number of rotatable bonds is 2. The maximum Gasteiger partial charge on any atom is 0.348 e. The van der Waals surface area contributed by atoms with Crippen LogP contribution in [0.3, 0.4) is 0 Å². The molecule has 1 aromatic rings. The molecule has 0 spiro atoms. The van der Waals surface area contributed by atoms with Gasteiger partial charge in [-0.2, -0.15) is 0 Å². The van der Waals surface area contributed by atoms with Crippen LogP contribution in [0, 0.1) is 5.82 Å². The highest BCUT2D eigenvalue weighted by Crippen LogP contribution is 2.35. The minimum absolute atomic E-state index is 0.318. The molecule has 16 heavy (non-hydrogen) atoms. The van der Waals surface area contributed by atoms with E-state index in [0.29, 0.717) is 25.0 Å². The van der Waals surface area contributed by atoms with E-state index in [2.05, 4.69) is 0 Å². The van der Waals surface area contributed by atoms with Crippen molar-refractivity contribution in [1.29, 1.82) is 0 Å². The molecule has 86 valence electrons. The number of carboxylic acids is 1. The standard InChI is InChI=1S/C12H13FO3/c1-2-12(11(14)15)6-5-8-7-9(13)3-4-10(8)16-12/h3-4,7H,2,5-6H2,1H3,(H,14,15). The van der Waals surface area contributed by atoms with Gasteiger partial charge in [-0.1, -0.05) is 6.92 Å². The molecule has 0 fully saturated rings. The summed E-state index contributed by atoms with van der Waals surface area (Å²) >= 11 is 0. The number of halogens is 1. The number of fused-ring (bicyclic) bond motifs is 1. The summed E-state index contributed by atoms with van der Waals surface area (Å²) < 4.78 is 18.5. The lowest BCUT2D eigenvalue weighted by Crippen LogP contribution is -2.46. The monoisotopic (exact) mass is 224 g/mol. The minimum atomic E-state index is -1.15. The Morgan fingerprint density at radius 2 is 2.38 bits per heavy atom. The zero-order valence-corrected chi connectivity index (χ0v) is 9.00. The van der Waals surface area contributed by atoms with Crippen molar-refractivity contribution in [3.63, 3.8) is 0 Å². The van der Waals surface area contributed by atoms with E-state index in [1.54, 1.807) is 6.92 Å². The van der Waals surface area contributed by atoms with E-state index in [1.807, 2.05) is 0 Å². The molecule has 1 aromatic carbocycles. The summed E-state index contributed by atoms with van der Waals surface area (Å²) in [6, 6.07) is 4.18. The average Bonchev–Trinajstić information content (AvgIpc) is 2.28. The Hall–Kier alpha value is -1.58. The van der Waals surface area contributed by atoms with Gasteiger partial charge in [0.25, 0.3) is 0 Å². The third-order valence-electron chi connectivity index (χ3n) is 3.09. The van der Waals surface area contributed by atoms with Crippen molar-refractivity contribution in [3.05, 3.63) is 29.6 Å². The molecule has 0 bridgehead atoms. The highest BCUT2D eigenvalue weighted by atomic mass is 19.1. The molecule has 1 aliphatic heterocycles. The normalized spacial score (nSPS) is 23.4. The number of carboxylic acid groups (broad SMARTS) is 1. The Balaban J connectivity index is 2.36. The molecular weight excluding hydrogens is 211 g/mol. The first-order valence-electron chi connectivity index (χ1n) is 5.28. The summed E-state index contributed by atoms with van der Waals surface area (Å²) in [6.45, 7) is 1.78. The molecule has 1 atom stereocenters. The Kier molecular flexibility index (Phi) is 2.58. The van der Waals surface area contributed by atoms with Crippen LogP contribution in [0.5, 0.6) is 5.75 Å². The van der Waals surface area contributed by atoms with Gasteiger partial charge in [-0.05, 0) is 36.6 Å². The third kappa shape index (κ3) is 1.64. The molecule has 1 N–H and O–H groups in total. The second-order valence-electron chi connectivity index (χ2n) is 4.01. The lowest BCUT2D eigenvalue weighted by atomic mass is 9.89. The van der Waals surface area contributed by atoms with Gasteiger partial charge in [0.05, 0.1) is 0 Å². The van der Waals surface area contributed by atoms with Gasteiger partial charge in [0.2, 0.25) is 5.60 Å². The van der Waals surface area contributed by atoms with Crippen LogP contribution in [0.15, 0.2) is 18.2 Å². The SMILES string of the molecule is CCC1(C(=O)O)CCc2cc(F)ccc2O1. The lowest BCUT2D eigenvalue weighted by Gasteiger charge is -2.34. The number of benzene rings is 1. The van der Waals surface area contributed by atoms with Crippen molar-refractivity contribution < 1.29 is 19.0 Å². The fourth-order valence-electron chi connectivity index (χ4n) is 1.99. The van der Waals surface area contributed by atoms with Crippen molar-refractivity contribution in [2.24, 2.45) is 0 Å². The fraction of sp³-hybridized carbons (Fsp3) is 0.417. The zero-order chi connectivity index (χ0) is 11.8. The van der Waals surface area contributed by atoms with Crippen molar-refractivity contribution in [2.45, 2.75) is 31.8 Å². The Morgan fingerprint density at radius 3 is 3.00 bits per heavy atom. The summed E-state index contributed by atoms with van der Waals surface area (Å²) in [5, 5.41) is 9.17. The molecule has 0 saturated heterocycles. The number of ether oxygens (including phenoxy) is 1. The second kappa shape index (κ2) is 3.77. The molecule has 3 nitrogen and oxygen atoms in total. The van der Waals surface area contributed by atoms with Gasteiger partial charge in [0.1, 0.15) is 11.6 Å². The van der Waals surface area contributed by atoms with E-state index >= 15 is 0 Å². The van der Waals surface area contributed by atoms with Crippen LogP contribution in [0.25, 0.3) is 0 Å². The number of carbonyl (C=O) groups is 1. The Bertz CT molecular complexity index is 430. The first-order chi connectivity index (χ1) is 7.57. The van der Waals surface area contributed by atoms with E-state index in [0.717, 1.165) is 5.56 Å². The van der Waals surface area contributed by atoms with E-state index in [4.69, 9.17) is 9.84 Å². The number of hydrogen-bond acceptors (Lipinski definition) is 2. The molecule has 1 aliphatic rings. The van der Waals surface area contributed by atoms with Gasteiger partial charge in [-0.15, -0.1) is 0 Å². The van der Waals surface area contributed by atoms with E-state index in [-0.39, 0.29) is 5.82 Å². The van der Waals surface area contributed by atoms with Crippen LogP contribution in [-0.4, -0.2) is 16.7 Å². The van der Waals surface area contributed by atoms with Gasteiger partial charge < -0.3 is 9.84 Å². The van der Waals surface area contributed by atoms with Crippen LogP contribution in [0.1, 0.15) is 25.3 Å². The maximum atomic E-state index is 13.0. The topological polar surface area (TPSA) is 46.5 Å². The minimum Gasteiger partial charge on any atom is -0.478 e. The quantitative estimate of drug-likeness (QED) is 0.838. The molecular formula is C12H13FO3. The van der Waals surface area contributed by atoms with Crippen molar-refractivity contribution in [3.8, 4) is 5.75 Å². The summed E-state index contributed by atoms with van der Waals surface area (Å²) in [6.07, 6.45) is 1.32. The van der Waals surface area contributed by atoms with Crippen LogP contribution in [0.4, 0.5) is 4.39 Å². The average molecular weight is 224 g/mol. The summed E-state index contributed by atoms with van der Waals surface area (Å²) in [7, 11) is 0. The van der Waals surface area contributed by atoms with Crippen molar-refractivity contribution in [2.75, 3.05) is 0 Å². The summed E-state index contributed by atoms with van der Waals surface area (Å²) in [4.78, 5) is 11.2. The molecule has 0 aromatic heterocycles. The molecule has 0 aliphatic carbocycles. The van der Waals surface area contributed by atoms with Crippen LogP contribution >= 0.6 is 0 Å². The first kappa shape index (κ1) is 10.9. The lowest BCUT2D eigenvalue weighted by molar-refractivity contribution is -0.157. The Labute approximate surface area is 92.9 Å². The van der Waals surface area contributed by atoms with Crippen molar-refractivity contribution in [1.82, 2.24) is 0 Å². The van der Waals surface area contributed by atoms with Gasteiger partial charge in [0, 0.05) is 6.42 Å². The smallest absolute Gasteiger partial charge is 0.348 e. The largest absolute Gasteiger partial charge is 0.478 e. The van der Waals surface area contributed by atoms with E-state index < -0.39 is 11.6 Å². The highest BCUT2D eigenvalue weighted by molar-refractivity contribution is 5.78. The second-order valence-corrected chi connectivity index (χ2v) is 4.01. The number of aryl methyl sites for hydroxylation is 1. The van der Waals surface area contributed by atoms with Gasteiger partial charge >= 0.3 is 5.97 Å². The molecule has 1 unspecified atom stereocenters. The van der Waals surface area contributed by atoms with Crippen molar-refractivity contribution >= 4 is 5.97 Å². The molecule has 0 saturated carbocycles. The first-order valence-corrected chi connectivity index (χ1v) is 5.28. The Morgan fingerprint density at radius 1 is 1.62 bits per heavy atom. The van der Waals surface area contributed by atoms with Gasteiger partial charge in [-0.3, -0.25) is 0 Å². The third-order valence-corrected chi connectivity index (χ3v) is 3.09. The summed E-state index contributed by atoms with van der Waals surface area (Å²) in [5.74, 6) is -0.788. The van der Waals surface area contributed by atoms with Gasteiger partial charge in [0.15, 0.2) is 0 Å². The number of aliphatic carboxylic acids is 1. The van der Waals surface area contributed by atoms with Crippen LogP contribution in [0.2, 0.25) is 0 Å². The molecule has 4 heteroatoms. The molecule has 2 rings (SSSR count). The van der Waals surface area contributed by atoms with Crippen LogP contribution in [-0.2, 0) is 11.2 Å². The number of hydrogen-bond donors (Lipinski definition) is 1. The molecule has 0 amide bonds. The molecule has 1 heterocycles.